The van der Waals surface area contributed by atoms with Gasteiger partial charge in [-0.15, -0.1) is 0 Å². The van der Waals surface area contributed by atoms with Crippen molar-refractivity contribution in [2.75, 3.05) is 0 Å². The minimum atomic E-state index is 0.612. The Morgan fingerprint density at radius 1 is 1.38 bits per heavy atom. The number of hydrogen-bond donors (Lipinski definition) is 0. The molecule has 0 aliphatic heterocycles. The summed E-state index contributed by atoms with van der Waals surface area (Å²) in [6.07, 6.45) is 4.27. The average Bonchev–Trinajstić information content (AvgIpc) is 3.01. The lowest BCUT2D eigenvalue weighted by molar-refractivity contribution is 0.672. The van der Waals surface area contributed by atoms with Crippen LogP contribution in [0.2, 0.25) is 5.02 Å². The van der Waals surface area contributed by atoms with Gasteiger partial charge in [-0.3, -0.25) is 0 Å². The highest BCUT2D eigenvalue weighted by Crippen LogP contribution is 2.37. The first-order chi connectivity index (χ1) is 7.81. The van der Waals surface area contributed by atoms with Crippen molar-refractivity contribution in [2.24, 2.45) is 0 Å². The van der Waals surface area contributed by atoms with Gasteiger partial charge in [-0.2, -0.15) is 5.10 Å². The molecule has 1 heterocycles. The summed E-state index contributed by atoms with van der Waals surface area (Å²) in [4.78, 5) is 4.32. The van der Waals surface area contributed by atoms with Gasteiger partial charge in [0.15, 0.2) is 5.82 Å². The van der Waals surface area contributed by atoms with Crippen molar-refractivity contribution in [3.8, 4) is 0 Å². The second-order valence-electron chi connectivity index (χ2n) is 4.20. The second kappa shape index (κ2) is 3.91. The Kier molecular flexibility index (Phi) is 2.40. The van der Waals surface area contributed by atoms with Crippen LogP contribution in [0.15, 0.2) is 30.6 Å². The number of aromatic nitrogens is 3. The lowest BCUT2D eigenvalue weighted by atomic mass is 10.2. The molecule has 0 atom stereocenters. The fourth-order valence-electron chi connectivity index (χ4n) is 1.74. The van der Waals surface area contributed by atoms with E-state index >= 15 is 0 Å². The summed E-state index contributed by atoms with van der Waals surface area (Å²) in [6.45, 7) is 0.736. The van der Waals surface area contributed by atoms with Crippen LogP contribution in [0.25, 0.3) is 0 Å². The zero-order chi connectivity index (χ0) is 11.0. The molecule has 0 radical (unpaired) electrons. The molecule has 3 nitrogen and oxygen atoms in total. The Morgan fingerprint density at radius 3 is 3.00 bits per heavy atom. The SMILES string of the molecule is Clc1cccc(Cn2cnc(C3CC3)n2)c1. The van der Waals surface area contributed by atoms with Gasteiger partial charge in [-0.25, -0.2) is 9.67 Å². The highest BCUT2D eigenvalue weighted by atomic mass is 35.5. The number of nitrogens with zero attached hydrogens (tertiary/aromatic N) is 3. The molecule has 1 aliphatic carbocycles. The third-order valence-corrected chi connectivity index (χ3v) is 2.97. The van der Waals surface area contributed by atoms with Gasteiger partial charge in [0.05, 0.1) is 6.54 Å². The van der Waals surface area contributed by atoms with E-state index in [9.17, 15) is 0 Å². The van der Waals surface area contributed by atoms with E-state index in [1.54, 1.807) is 6.33 Å². The summed E-state index contributed by atoms with van der Waals surface area (Å²) in [5, 5.41) is 5.22. The van der Waals surface area contributed by atoms with E-state index in [1.807, 2.05) is 28.9 Å². The van der Waals surface area contributed by atoms with Gasteiger partial charge in [0.25, 0.3) is 0 Å². The topological polar surface area (TPSA) is 30.7 Å². The van der Waals surface area contributed by atoms with E-state index < -0.39 is 0 Å². The zero-order valence-electron chi connectivity index (χ0n) is 8.81. The van der Waals surface area contributed by atoms with Crippen molar-refractivity contribution in [2.45, 2.75) is 25.3 Å². The molecule has 1 fully saturated rings. The molecule has 1 aliphatic rings. The molecule has 0 bridgehead atoms. The maximum Gasteiger partial charge on any atom is 0.153 e. The molecule has 0 unspecified atom stereocenters. The smallest absolute Gasteiger partial charge is 0.153 e. The standard InChI is InChI=1S/C12H12ClN3/c13-11-3-1-2-9(6-11)7-16-8-14-12(15-16)10-4-5-10/h1-3,6,8,10H,4-5,7H2. The number of benzene rings is 1. The van der Waals surface area contributed by atoms with Crippen molar-refractivity contribution in [1.29, 1.82) is 0 Å². The fourth-order valence-corrected chi connectivity index (χ4v) is 1.95. The van der Waals surface area contributed by atoms with Gasteiger partial charge in [0, 0.05) is 10.9 Å². The lowest BCUT2D eigenvalue weighted by Crippen LogP contribution is -2.00. The Morgan fingerprint density at radius 2 is 2.25 bits per heavy atom. The van der Waals surface area contributed by atoms with Crippen LogP contribution in [0.4, 0.5) is 0 Å². The van der Waals surface area contributed by atoms with Gasteiger partial charge >= 0.3 is 0 Å². The predicted molar refractivity (Wildman–Crippen MR) is 62.6 cm³/mol. The molecule has 2 aromatic rings. The summed E-state index contributed by atoms with van der Waals surface area (Å²) in [5.74, 6) is 1.60. The molecule has 16 heavy (non-hydrogen) atoms. The third kappa shape index (κ3) is 2.09. The molecule has 0 N–H and O–H groups in total. The first-order valence-electron chi connectivity index (χ1n) is 5.45. The maximum absolute atomic E-state index is 5.93. The Hall–Kier alpha value is -1.35. The molecule has 1 aromatic carbocycles. The molecular formula is C12H12ClN3. The van der Waals surface area contributed by atoms with Crippen molar-refractivity contribution < 1.29 is 0 Å². The van der Waals surface area contributed by atoms with Gasteiger partial charge in [-0.1, -0.05) is 23.7 Å². The van der Waals surface area contributed by atoms with E-state index in [4.69, 9.17) is 11.6 Å². The number of hydrogen-bond acceptors (Lipinski definition) is 2. The quantitative estimate of drug-likeness (QED) is 0.816. The fraction of sp³-hybridized carbons (Fsp3) is 0.333. The van der Waals surface area contributed by atoms with Crippen molar-refractivity contribution in [3.05, 3.63) is 47.0 Å². The summed E-state index contributed by atoms with van der Waals surface area (Å²) in [5.41, 5.74) is 1.15. The van der Waals surface area contributed by atoms with Crippen molar-refractivity contribution in [1.82, 2.24) is 14.8 Å². The highest BCUT2D eigenvalue weighted by Gasteiger charge is 2.27. The summed E-state index contributed by atoms with van der Waals surface area (Å²) in [6, 6.07) is 7.84. The molecule has 1 aromatic heterocycles. The van der Waals surface area contributed by atoms with Crippen LogP contribution in [-0.4, -0.2) is 14.8 Å². The Balaban J connectivity index is 1.77. The summed E-state index contributed by atoms with van der Waals surface area (Å²) in [7, 11) is 0. The Labute approximate surface area is 99.1 Å². The van der Waals surface area contributed by atoms with E-state index in [0.29, 0.717) is 5.92 Å². The molecule has 4 heteroatoms. The van der Waals surface area contributed by atoms with Crippen LogP contribution in [0, 0.1) is 0 Å². The molecule has 82 valence electrons. The molecule has 0 amide bonds. The van der Waals surface area contributed by atoms with Crippen LogP contribution < -0.4 is 0 Å². The second-order valence-corrected chi connectivity index (χ2v) is 4.64. The highest BCUT2D eigenvalue weighted by molar-refractivity contribution is 6.30. The van der Waals surface area contributed by atoms with Crippen LogP contribution >= 0.6 is 11.6 Å². The van der Waals surface area contributed by atoms with Crippen LogP contribution in [0.5, 0.6) is 0 Å². The molecular weight excluding hydrogens is 222 g/mol. The zero-order valence-corrected chi connectivity index (χ0v) is 9.56. The molecule has 1 saturated carbocycles. The third-order valence-electron chi connectivity index (χ3n) is 2.73. The largest absolute Gasteiger partial charge is 0.248 e. The Bertz CT molecular complexity index is 502. The first kappa shape index (κ1) is 9.85. The van der Waals surface area contributed by atoms with Crippen LogP contribution in [0.1, 0.15) is 30.1 Å². The molecule has 3 rings (SSSR count). The van der Waals surface area contributed by atoms with E-state index in [-0.39, 0.29) is 0 Å². The first-order valence-corrected chi connectivity index (χ1v) is 5.83. The van der Waals surface area contributed by atoms with E-state index in [2.05, 4.69) is 10.1 Å². The lowest BCUT2D eigenvalue weighted by Gasteiger charge is -2.01. The molecule has 0 spiro atoms. The minimum absolute atomic E-state index is 0.612. The monoisotopic (exact) mass is 233 g/mol. The predicted octanol–water partition coefficient (Wildman–Crippen LogP) is 2.86. The van der Waals surface area contributed by atoms with Crippen LogP contribution in [0.3, 0.4) is 0 Å². The van der Waals surface area contributed by atoms with Crippen molar-refractivity contribution in [3.63, 3.8) is 0 Å². The number of rotatable bonds is 3. The minimum Gasteiger partial charge on any atom is -0.248 e. The summed E-state index contributed by atoms with van der Waals surface area (Å²) >= 11 is 5.93. The van der Waals surface area contributed by atoms with E-state index in [0.717, 1.165) is 23.0 Å². The van der Waals surface area contributed by atoms with Gasteiger partial charge in [0.1, 0.15) is 6.33 Å². The van der Waals surface area contributed by atoms with Gasteiger partial charge in [-0.05, 0) is 30.5 Å². The van der Waals surface area contributed by atoms with Gasteiger partial charge < -0.3 is 0 Å². The van der Waals surface area contributed by atoms with E-state index in [1.165, 1.54) is 12.8 Å². The van der Waals surface area contributed by atoms with Crippen LogP contribution in [-0.2, 0) is 6.54 Å². The van der Waals surface area contributed by atoms with Crippen molar-refractivity contribution >= 4 is 11.6 Å². The normalized spacial score (nSPS) is 15.3. The van der Waals surface area contributed by atoms with Gasteiger partial charge in [0.2, 0.25) is 0 Å². The maximum atomic E-state index is 5.93. The average molecular weight is 234 g/mol. The molecule has 0 saturated heterocycles. The number of halogens is 1. The summed E-state index contributed by atoms with van der Waals surface area (Å²) < 4.78 is 1.87.